The minimum Gasteiger partial charge on any atom is -0.433 e. The molecular formula is C15H16ClF2N3O2. The number of nitrogens with one attached hydrogen (secondary N) is 1. The molecule has 1 N–H and O–H groups in total. The molecule has 23 heavy (non-hydrogen) atoms. The van der Waals surface area contributed by atoms with E-state index in [4.69, 9.17) is 11.6 Å². The fourth-order valence-electron chi connectivity index (χ4n) is 2.07. The maximum absolute atomic E-state index is 12.5. The lowest BCUT2D eigenvalue weighted by Crippen LogP contribution is -2.25. The first kappa shape index (κ1) is 17.2. The van der Waals surface area contributed by atoms with Crippen molar-refractivity contribution in [2.45, 2.75) is 33.4 Å². The minimum atomic E-state index is -2.97. The van der Waals surface area contributed by atoms with Crippen LogP contribution in [0, 0.1) is 13.8 Å². The Labute approximate surface area is 137 Å². The number of halogens is 3. The first-order valence-corrected chi connectivity index (χ1v) is 7.23. The van der Waals surface area contributed by atoms with Crippen molar-refractivity contribution < 1.29 is 18.3 Å². The van der Waals surface area contributed by atoms with Gasteiger partial charge in [-0.3, -0.25) is 9.48 Å². The Kier molecular flexibility index (Phi) is 5.20. The van der Waals surface area contributed by atoms with Gasteiger partial charge in [-0.15, -0.1) is 0 Å². The lowest BCUT2D eigenvalue weighted by molar-refractivity contribution is -0.119. The van der Waals surface area contributed by atoms with E-state index in [2.05, 4.69) is 15.2 Å². The van der Waals surface area contributed by atoms with Gasteiger partial charge in [0.2, 0.25) is 5.91 Å². The zero-order valence-electron chi connectivity index (χ0n) is 12.8. The number of aromatic nitrogens is 2. The van der Waals surface area contributed by atoms with Crippen LogP contribution in [0.1, 0.15) is 24.2 Å². The van der Waals surface area contributed by atoms with Gasteiger partial charge >= 0.3 is 6.61 Å². The van der Waals surface area contributed by atoms with Gasteiger partial charge in [0, 0.05) is 0 Å². The van der Waals surface area contributed by atoms with Crippen molar-refractivity contribution >= 4 is 23.2 Å². The minimum absolute atomic E-state index is 0.0873. The second-order valence-corrected chi connectivity index (χ2v) is 5.47. The van der Waals surface area contributed by atoms with Gasteiger partial charge in [0.1, 0.15) is 11.8 Å². The van der Waals surface area contributed by atoms with Crippen molar-refractivity contribution in [1.82, 2.24) is 9.78 Å². The van der Waals surface area contributed by atoms with Gasteiger partial charge in [0.15, 0.2) is 0 Å². The smallest absolute Gasteiger partial charge is 0.387 e. The third-order valence-corrected chi connectivity index (χ3v) is 3.71. The third kappa shape index (κ3) is 3.98. The number of nitrogens with zero attached hydrogens (tertiary/aromatic N) is 2. The maximum atomic E-state index is 12.5. The van der Waals surface area contributed by atoms with E-state index < -0.39 is 18.6 Å². The molecule has 1 atom stereocenters. The van der Waals surface area contributed by atoms with Gasteiger partial charge in [-0.25, -0.2) is 0 Å². The van der Waals surface area contributed by atoms with Crippen molar-refractivity contribution in [3.8, 4) is 5.75 Å². The molecule has 0 fully saturated rings. The van der Waals surface area contributed by atoms with E-state index >= 15 is 0 Å². The number of anilines is 1. The molecule has 0 radical (unpaired) electrons. The van der Waals surface area contributed by atoms with Crippen molar-refractivity contribution in [3.63, 3.8) is 0 Å². The number of carbonyl (C=O) groups excluding carboxylic acids is 1. The highest BCUT2D eigenvalue weighted by molar-refractivity contribution is 6.31. The molecule has 0 bridgehead atoms. The van der Waals surface area contributed by atoms with Crippen LogP contribution >= 0.6 is 11.6 Å². The zero-order valence-corrected chi connectivity index (χ0v) is 13.6. The molecule has 0 aliphatic heterocycles. The Morgan fingerprint density at radius 1 is 1.39 bits per heavy atom. The van der Waals surface area contributed by atoms with Crippen LogP contribution in [0.25, 0.3) is 0 Å². The number of carbonyl (C=O) groups is 1. The second-order valence-electron chi connectivity index (χ2n) is 5.07. The fourth-order valence-corrected chi connectivity index (χ4v) is 2.20. The predicted molar refractivity (Wildman–Crippen MR) is 83.1 cm³/mol. The van der Waals surface area contributed by atoms with E-state index in [1.165, 1.54) is 23.0 Å². The number of aryl methyl sites for hydroxylation is 1. The van der Waals surface area contributed by atoms with Crippen LogP contribution in [0.15, 0.2) is 24.4 Å². The molecule has 5 nitrogen and oxygen atoms in total. The van der Waals surface area contributed by atoms with Crippen LogP contribution in [0.4, 0.5) is 14.5 Å². The number of hydrogen-bond acceptors (Lipinski definition) is 3. The Morgan fingerprint density at radius 3 is 2.65 bits per heavy atom. The Hall–Kier alpha value is -2.15. The molecule has 2 rings (SSSR count). The molecule has 124 valence electrons. The molecular weight excluding hydrogens is 328 g/mol. The lowest BCUT2D eigenvalue weighted by Gasteiger charge is -2.17. The summed E-state index contributed by atoms with van der Waals surface area (Å²) >= 11 is 5.92. The zero-order chi connectivity index (χ0) is 17.1. The number of rotatable bonds is 5. The van der Waals surface area contributed by atoms with Gasteiger partial charge in [0.05, 0.1) is 22.6 Å². The molecule has 1 aromatic carbocycles. The summed E-state index contributed by atoms with van der Waals surface area (Å²) < 4.78 is 30.9. The van der Waals surface area contributed by atoms with E-state index in [0.29, 0.717) is 10.7 Å². The highest BCUT2D eigenvalue weighted by atomic mass is 35.5. The van der Waals surface area contributed by atoms with Gasteiger partial charge in [0.25, 0.3) is 0 Å². The SMILES string of the molecule is Cc1ccc(NC(=O)C(C)n2ncc(Cl)c2C)c(OC(F)F)c1. The lowest BCUT2D eigenvalue weighted by atomic mass is 10.2. The molecule has 0 aliphatic carbocycles. The summed E-state index contributed by atoms with van der Waals surface area (Å²) in [6, 6.07) is 3.97. The standard InChI is InChI=1S/C15H16ClF2N3O2/c1-8-4-5-12(13(6-8)23-15(17)18)20-14(22)10(3)21-9(2)11(16)7-19-21/h4-7,10,15H,1-3H3,(H,20,22). The number of ether oxygens (including phenoxy) is 1. The average molecular weight is 344 g/mol. The first-order valence-electron chi connectivity index (χ1n) is 6.85. The second kappa shape index (κ2) is 6.95. The van der Waals surface area contributed by atoms with Gasteiger partial charge < -0.3 is 10.1 Å². The summed E-state index contributed by atoms with van der Waals surface area (Å²) in [6.07, 6.45) is 1.44. The monoisotopic (exact) mass is 343 g/mol. The summed E-state index contributed by atoms with van der Waals surface area (Å²) in [6.45, 7) is 2.13. The Bertz CT molecular complexity index is 719. The summed E-state index contributed by atoms with van der Waals surface area (Å²) in [5.74, 6) is -0.508. The summed E-state index contributed by atoms with van der Waals surface area (Å²) in [5, 5.41) is 7.06. The molecule has 8 heteroatoms. The molecule has 0 aliphatic rings. The predicted octanol–water partition coefficient (Wildman–Crippen LogP) is 3.95. The van der Waals surface area contributed by atoms with Gasteiger partial charge in [-0.1, -0.05) is 17.7 Å². The van der Waals surface area contributed by atoms with Gasteiger partial charge in [-0.05, 0) is 38.5 Å². The topological polar surface area (TPSA) is 56.2 Å². The van der Waals surface area contributed by atoms with E-state index in [1.807, 2.05) is 0 Å². The largest absolute Gasteiger partial charge is 0.433 e. The van der Waals surface area contributed by atoms with Crippen molar-refractivity contribution in [1.29, 1.82) is 0 Å². The van der Waals surface area contributed by atoms with Crippen LogP contribution in [-0.2, 0) is 4.79 Å². The number of amides is 1. The Balaban J connectivity index is 2.21. The normalized spacial score (nSPS) is 12.3. The van der Waals surface area contributed by atoms with Crippen LogP contribution in [0.2, 0.25) is 5.02 Å². The van der Waals surface area contributed by atoms with E-state index in [9.17, 15) is 13.6 Å². The number of alkyl halides is 2. The van der Waals surface area contributed by atoms with E-state index in [-0.39, 0.29) is 11.4 Å². The Morgan fingerprint density at radius 2 is 2.09 bits per heavy atom. The van der Waals surface area contributed by atoms with Crippen LogP contribution in [0.5, 0.6) is 5.75 Å². The summed E-state index contributed by atoms with van der Waals surface area (Å²) in [4.78, 5) is 12.3. The highest BCUT2D eigenvalue weighted by Crippen LogP contribution is 2.28. The first-order chi connectivity index (χ1) is 10.8. The van der Waals surface area contributed by atoms with Crippen molar-refractivity contribution in [3.05, 3.63) is 40.7 Å². The molecule has 1 aromatic heterocycles. The van der Waals surface area contributed by atoms with E-state index in [0.717, 1.165) is 5.56 Å². The molecule has 1 amide bonds. The van der Waals surface area contributed by atoms with Crippen molar-refractivity contribution in [2.24, 2.45) is 0 Å². The van der Waals surface area contributed by atoms with E-state index in [1.54, 1.807) is 26.8 Å². The molecule has 0 saturated carbocycles. The quantitative estimate of drug-likeness (QED) is 0.894. The highest BCUT2D eigenvalue weighted by Gasteiger charge is 2.20. The molecule has 1 unspecified atom stereocenters. The van der Waals surface area contributed by atoms with Gasteiger partial charge in [-0.2, -0.15) is 13.9 Å². The molecule has 1 heterocycles. The fraction of sp³-hybridized carbons (Fsp3) is 0.333. The average Bonchev–Trinajstić information content (AvgIpc) is 2.80. The molecule has 2 aromatic rings. The summed E-state index contributed by atoms with van der Waals surface area (Å²) in [7, 11) is 0. The summed E-state index contributed by atoms with van der Waals surface area (Å²) in [5.41, 5.74) is 1.55. The van der Waals surface area contributed by atoms with Crippen molar-refractivity contribution in [2.75, 3.05) is 5.32 Å². The van der Waals surface area contributed by atoms with Crippen LogP contribution < -0.4 is 10.1 Å². The molecule has 0 spiro atoms. The third-order valence-electron chi connectivity index (χ3n) is 3.34. The van der Waals surface area contributed by atoms with Crippen LogP contribution in [-0.4, -0.2) is 22.3 Å². The maximum Gasteiger partial charge on any atom is 0.387 e. The number of hydrogen-bond donors (Lipinski definition) is 1. The molecule has 0 saturated heterocycles. The van der Waals surface area contributed by atoms with Crippen LogP contribution in [0.3, 0.4) is 0 Å². The number of benzene rings is 1.